The van der Waals surface area contributed by atoms with Gasteiger partial charge < -0.3 is 21.7 Å². The SMILES string of the molecule is C/C=C/C(=O)Nc1nc(Nc2ncnc3ccccc23)n(-c2ccccc2)n1.C=C(C)C(=O)Nc1nc(Nc2ncnc3ccccc23)n(-c2ccccc2)n1.CC(C)C(=O)Nc1nc(Nc2ncnc3ccccc23)n(-c2ccccc2)n1.Nc1nc(Nc2nc(NC(=O)c3ccccc3)nn2-c2ccccc2)nc2ccccc12.O=C(Nc1nc(Nc2nc3ccccc3c(=O)[nH]2)n(-c2ccccc2)n1)c1ccccc1. The molecular formula is C106H88N36O6. The van der Waals surface area contributed by atoms with Crippen molar-refractivity contribution in [3.05, 3.63) is 398 Å². The Morgan fingerprint density at radius 3 is 0.993 bits per heavy atom. The van der Waals surface area contributed by atoms with Gasteiger partial charge in [-0.1, -0.05) is 215 Å². The maximum atomic E-state index is 12.6. The summed E-state index contributed by atoms with van der Waals surface area (Å²) in [7, 11) is 0. The number of anilines is 16. The summed E-state index contributed by atoms with van der Waals surface area (Å²) >= 11 is 0. The first-order valence-electron chi connectivity index (χ1n) is 45.8. The van der Waals surface area contributed by atoms with E-state index in [0.29, 0.717) is 85.9 Å². The number of nitrogens with zero attached hydrogens (tertiary/aromatic N) is 24. The Hall–Kier alpha value is -21.5. The molecule has 13 N–H and O–H groups in total. The monoisotopic (exact) mass is 1960 g/mol. The molecule has 728 valence electrons. The summed E-state index contributed by atoms with van der Waals surface area (Å²) in [4.78, 5) is 137. The second kappa shape index (κ2) is 45.6. The van der Waals surface area contributed by atoms with Crippen LogP contribution in [0.2, 0.25) is 0 Å². The molecule has 0 atom stereocenters. The van der Waals surface area contributed by atoms with Gasteiger partial charge in [-0.25, -0.2) is 39.9 Å². The van der Waals surface area contributed by atoms with Crippen molar-refractivity contribution in [2.75, 3.05) is 58.9 Å². The molecule has 0 saturated heterocycles. The molecule has 0 aliphatic rings. The van der Waals surface area contributed by atoms with Gasteiger partial charge in [0.15, 0.2) is 0 Å². The minimum atomic E-state index is -0.343. The Morgan fingerprint density at radius 2 is 0.628 bits per heavy atom. The van der Waals surface area contributed by atoms with Crippen molar-refractivity contribution in [1.29, 1.82) is 0 Å². The maximum absolute atomic E-state index is 12.6. The lowest BCUT2D eigenvalue weighted by Crippen LogP contribution is -2.18. The van der Waals surface area contributed by atoms with Crippen molar-refractivity contribution in [3.63, 3.8) is 0 Å². The first kappa shape index (κ1) is 96.7. The number of para-hydroxylation sites is 10. The third kappa shape index (κ3) is 23.8. The van der Waals surface area contributed by atoms with Gasteiger partial charge in [0.1, 0.15) is 42.3 Å². The topological polar surface area (TPSA) is 534 Å². The number of nitrogen functional groups attached to an aromatic ring is 1. The second-order valence-corrected chi connectivity index (χ2v) is 32.3. The van der Waals surface area contributed by atoms with Crippen LogP contribution in [-0.4, -0.2) is 153 Å². The highest BCUT2D eigenvalue weighted by molar-refractivity contribution is 6.05. The third-order valence-electron chi connectivity index (χ3n) is 21.5. The molecular weight excluding hydrogens is 1870 g/mol. The minimum Gasteiger partial charge on any atom is -0.383 e. The molecule has 42 nitrogen and oxygen atoms in total. The summed E-state index contributed by atoms with van der Waals surface area (Å²) in [5.41, 5.74) is 14.7. The molecule has 12 aromatic carbocycles. The number of nitrogens with two attached hydrogens (primary N) is 1. The molecule has 0 radical (unpaired) electrons. The number of fused-ring (bicyclic) bond motifs is 5. The lowest BCUT2D eigenvalue weighted by Gasteiger charge is -2.09. The van der Waals surface area contributed by atoms with Crippen molar-refractivity contribution in [2.45, 2.75) is 27.7 Å². The van der Waals surface area contributed by atoms with Gasteiger partial charge >= 0.3 is 0 Å². The molecule has 10 heterocycles. The predicted octanol–water partition coefficient (Wildman–Crippen LogP) is 17.8. The van der Waals surface area contributed by atoms with Gasteiger partial charge in [-0.2, -0.15) is 53.3 Å². The van der Waals surface area contributed by atoms with Crippen LogP contribution in [0.15, 0.2) is 382 Å². The van der Waals surface area contributed by atoms with Crippen LogP contribution in [-0.2, 0) is 14.4 Å². The van der Waals surface area contributed by atoms with Crippen LogP contribution in [0.3, 0.4) is 0 Å². The number of allylic oxidation sites excluding steroid dienone is 1. The zero-order chi connectivity index (χ0) is 102. The molecule has 0 aliphatic heterocycles. The number of amides is 5. The fourth-order valence-corrected chi connectivity index (χ4v) is 14.4. The number of rotatable bonds is 25. The van der Waals surface area contributed by atoms with Gasteiger partial charge in [0.2, 0.25) is 53.5 Å². The summed E-state index contributed by atoms with van der Waals surface area (Å²) in [5.74, 6) is 3.71. The average Bonchev–Trinajstić information content (AvgIpc) is 1.62. The van der Waals surface area contributed by atoms with E-state index in [4.69, 9.17) is 5.73 Å². The Morgan fingerprint density at radius 1 is 0.324 bits per heavy atom. The minimum absolute atomic E-state index is 0.105. The lowest BCUT2D eigenvalue weighted by atomic mass is 10.2. The first-order valence-corrected chi connectivity index (χ1v) is 45.8. The number of carbonyl (C=O) groups excluding carboxylic acids is 5. The van der Waals surface area contributed by atoms with Crippen LogP contribution >= 0.6 is 0 Å². The summed E-state index contributed by atoms with van der Waals surface area (Å²) in [6.07, 6.45) is 7.53. The Labute approximate surface area is 841 Å². The second-order valence-electron chi connectivity index (χ2n) is 32.3. The van der Waals surface area contributed by atoms with Crippen LogP contribution in [0, 0.1) is 5.92 Å². The summed E-state index contributed by atoms with van der Waals surface area (Å²) in [6.45, 7) is 10.7. The smallest absolute Gasteiger partial charge is 0.260 e. The van der Waals surface area contributed by atoms with E-state index in [1.165, 1.54) is 29.7 Å². The molecule has 0 aliphatic carbocycles. The Balaban J connectivity index is 0.000000121. The molecule has 22 rings (SSSR count). The van der Waals surface area contributed by atoms with Crippen LogP contribution in [0.1, 0.15) is 48.4 Å². The first-order chi connectivity index (χ1) is 72.3. The van der Waals surface area contributed by atoms with E-state index in [1.54, 1.807) is 105 Å². The van der Waals surface area contributed by atoms with Crippen LogP contribution < -0.4 is 64.5 Å². The van der Waals surface area contributed by atoms with Crippen molar-refractivity contribution in [2.24, 2.45) is 5.92 Å². The van der Waals surface area contributed by atoms with Crippen LogP contribution in [0.5, 0.6) is 0 Å². The summed E-state index contributed by atoms with van der Waals surface area (Å²) < 4.78 is 7.94. The highest BCUT2D eigenvalue weighted by Gasteiger charge is 2.25. The fraction of sp³-hybridized carbons (Fsp3) is 0.0472. The highest BCUT2D eigenvalue weighted by atomic mass is 16.2. The van der Waals surface area contributed by atoms with Crippen LogP contribution in [0.4, 0.5) is 94.7 Å². The van der Waals surface area contributed by atoms with Gasteiger partial charge in [0.25, 0.3) is 53.0 Å². The summed E-state index contributed by atoms with van der Waals surface area (Å²) in [6, 6.07) is 102. The zero-order valence-electron chi connectivity index (χ0n) is 79.2. The maximum Gasteiger partial charge on any atom is 0.260 e. The predicted molar refractivity (Wildman–Crippen MR) is 567 cm³/mol. The van der Waals surface area contributed by atoms with Crippen LogP contribution in [0.25, 0.3) is 83.0 Å². The van der Waals surface area contributed by atoms with Crippen molar-refractivity contribution >= 4 is 179 Å². The fourth-order valence-electron chi connectivity index (χ4n) is 14.4. The van der Waals surface area contributed by atoms with Crippen molar-refractivity contribution in [3.8, 4) is 28.4 Å². The number of hydrogen-bond acceptors (Lipinski definition) is 31. The zero-order valence-corrected chi connectivity index (χ0v) is 79.2. The van der Waals surface area contributed by atoms with E-state index >= 15 is 0 Å². The third-order valence-corrected chi connectivity index (χ3v) is 21.5. The molecule has 0 fully saturated rings. The summed E-state index contributed by atoms with van der Waals surface area (Å²) in [5, 5.41) is 55.1. The van der Waals surface area contributed by atoms with E-state index in [9.17, 15) is 28.8 Å². The van der Waals surface area contributed by atoms with Gasteiger partial charge in [-0.15, -0.1) is 25.5 Å². The molecule has 22 aromatic rings. The standard InChI is InChI=1S/C23H18N8O.C23H17N7O2.C20H19N7O.2C20H17N7O/c24-19-17-13-7-8-14-18(17)25-21(26-19)28-23-29-22(27-20(32)15-9-3-1-4-10-15)30-31(23)16-11-5-2-6-12-16;31-19(15-9-3-1-4-10-15)25-22-28-23(30(29-22)16-11-5-2-6-12-16)27-21-24-18-14-8-7-13-17(18)20(32)26-21;2*1-13(2)18(28)24-19-25-20(27(26-19)14-8-4-3-5-9-14)23-17-15-10-6-7-11-16(15)21-12-22-17;1-2-8-17(28)23-19-25-20(27(26-19)14-9-4-3-5-10-14)24-18-15-11-6-7-12-16(15)21-13-22-18/h1-14H,(H4,24,25,26,27,28,29,30,32);1-14H,(H3,24,25,26,27,28,29,31,32);3-13H,1-2H3,(H2,21,22,23,24,25,26,28);3-12H,1H2,2H3,(H2,21,22,23,24,25,26,28);2-13H,1H3,(H2,21,22,23,24,25,26,28)/b;;;;8-2+. The van der Waals surface area contributed by atoms with Crippen molar-refractivity contribution < 1.29 is 24.0 Å². The van der Waals surface area contributed by atoms with Gasteiger partial charge in [-0.3, -0.25) is 71.0 Å². The van der Waals surface area contributed by atoms with E-state index in [1.807, 2.05) is 281 Å². The van der Waals surface area contributed by atoms with Crippen molar-refractivity contribution in [1.82, 2.24) is 124 Å². The highest BCUT2D eigenvalue weighted by Crippen LogP contribution is 2.32. The lowest BCUT2D eigenvalue weighted by molar-refractivity contribution is -0.119. The molecule has 0 spiro atoms. The number of benzene rings is 12. The van der Waals surface area contributed by atoms with E-state index in [2.05, 4.69) is 160 Å². The number of H-pyrrole nitrogens is 1. The number of aromatic amines is 1. The Kier molecular flexibility index (Phi) is 29.8. The van der Waals surface area contributed by atoms with Gasteiger partial charge in [-0.05, 0) is 166 Å². The van der Waals surface area contributed by atoms with E-state index in [0.717, 1.165) is 60.8 Å². The molecule has 148 heavy (non-hydrogen) atoms. The molecule has 0 unspecified atom stereocenters. The molecule has 42 heteroatoms. The molecule has 5 amide bonds. The number of aromatic nitrogens is 25. The molecule has 10 aromatic heterocycles. The quantitative estimate of drug-likeness (QED) is 0.0236. The number of hydrogen-bond donors (Lipinski definition) is 12. The molecule has 0 saturated carbocycles. The Bertz CT molecular complexity index is 8600. The number of nitrogens with one attached hydrogen (secondary N) is 11. The molecule has 0 bridgehead atoms. The largest absolute Gasteiger partial charge is 0.383 e. The average molecular weight is 1960 g/mol. The van der Waals surface area contributed by atoms with Gasteiger partial charge in [0, 0.05) is 44.2 Å². The van der Waals surface area contributed by atoms with E-state index < -0.39 is 0 Å². The normalized spacial score (nSPS) is 10.8. The van der Waals surface area contributed by atoms with E-state index in [-0.39, 0.29) is 88.6 Å². The van der Waals surface area contributed by atoms with Gasteiger partial charge in [0.05, 0.1) is 61.4 Å². The number of carbonyl (C=O) groups is 5.